The molecule has 0 spiro atoms. The number of rotatable bonds is 7. The van der Waals surface area contributed by atoms with E-state index < -0.39 is 12.1 Å². The van der Waals surface area contributed by atoms with Crippen LogP contribution in [0.3, 0.4) is 0 Å². The molecule has 2 rings (SSSR count). The number of amides is 1. The van der Waals surface area contributed by atoms with E-state index in [0.29, 0.717) is 19.3 Å². The maximum Gasteiger partial charge on any atom is 0.408 e. The van der Waals surface area contributed by atoms with Crippen LogP contribution < -0.4 is 5.32 Å². The zero-order valence-electron chi connectivity index (χ0n) is 11.7. The van der Waals surface area contributed by atoms with Gasteiger partial charge in [0.15, 0.2) is 0 Å². The molecule has 5 heteroatoms. The van der Waals surface area contributed by atoms with E-state index >= 15 is 0 Å². The predicted molar refractivity (Wildman–Crippen MR) is 78.0 cm³/mol. The summed E-state index contributed by atoms with van der Waals surface area (Å²) in [5.41, 5.74) is 1.14. The molecule has 0 saturated carbocycles. The molecule has 0 aromatic heterocycles. The third-order valence-electron chi connectivity index (χ3n) is 3.33. The smallest absolute Gasteiger partial charge is 0.408 e. The van der Waals surface area contributed by atoms with Crippen molar-refractivity contribution < 1.29 is 19.4 Å². The molecule has 2 atom stereocenters. The number of carbonyl (C=O) groups excluding carboxylic acids is 1. The summed E-state index contributed by atoms with van der Waals surface area (Å²) in [7, 11) is 0. The fourth-order valence-electron chi connectivity index (χ4n) is 2.28. The highest BCUT2D eigenvalue weighted by Crippen LogP contribution is 2.16. The van der Waals surface area contributed by atoms with Gasteiger partial charge in [-0.2, -0.15) is 0 Å². The Labute approximate surface area is 123 Å². The predicted octanol–water partition coefficient (Wildman–Crippen LogP) is 2.52. The Balaban J connectivity index is 1.86. The van der Waals surface area contributed by atoms with Crippen LogP contribution in [0.15, 0.2) is 42.5 Å². The van der Waals surface area contributed by atoms with Crippen molar-refractivity contribution in [2.24, 2.45) is 0 Å². The van der Waals surface area contributed by atoms with Gasteiger partial charge in [0.2, 0.25) is 0 Å². The lowest BCUT2D eigenvalue weighted by Crippen LogP contribution is -2.32. The lowest BCUT2D eigenvalue weighted by molar-refractivity contribution is -0.137. The largest absolute Gasteiger partial charge is 0.481 e. The first kappa shape index (κ1) is 15.1. The van der Waals surface area contributed by atoms with Crippen molar-refractivity contribution in [3.05, 3.63) is 48.0 Å². The fraction of sp³-hybridized carbons (Fsp3) is 0.375. The number of benzene rings is 1. The molecule has 1 heterocycles. The number of carbonyl (C=O) groups is 2. The molecule has 1 aliphatic rings. The maximum atomic E-state index is 11.4. The second kappa shape index (κ2) is 7.47. The van der Waals surface area contributed by atoms with Gasteiger partial charge in [-0.05, 0) is 30.9 Å². The quantitative estimate of drug-likeness (QED) is 0.597. The average molecular weight is 289 g/mol. The second-order valence-electron chi connectivity index (χ2n) is 5.02. The van der Waals surface area contributed by atoms with Crippen molar-refractivity contribution in [2.75, 3.05) is 0 Å². The van der Waals surface area contributed by atoms with E-state index in [9.17, 15) is 9.59 Å². The third kappa shape index (κ3) is 4.95. The van der Waals surface area contributed by atoms with Gasteiger partial charge in [-0.1, -0.05) is 36.4 Å². The van der Waals surface area contributed by atoms with Crippen molar-refractivity contribution in [3.8, 4) is 0 Å². The van der Waals surface area contributed by atoms with Gasteiger partial charge in [0.05, 0.1) is 6.04 Å². The lowest BCUT2D eigenvalue weighted by Gasteiger charge is -2.13. The Morgan fingerprint density at radius 3 is 2.81 bits per heavy atom. The Kier molecular flexibility index (Phi) is 5.37. The summed E-state index contributed by atoms with van der Waals surface area (Å²) in [5.74, 6) is -0.792. The van der Waals surface area contributed by atoms with Gasteiger partial charge in [0.25, 0.3) is 0 Å². The van der Waals surface area contributed by atoms with E-state index in [-0.39, 0.29) is 18.6 Å². The Hall–Kier alpha value is -2.30. The Morgan fingerprint density at radius 1 is 1.33 bits per heavy atom. The number of unbranched alkanes of at least 4 members (excludes halogenated alkanes) is 1. The summed E-state index contributed by atoms with van der Waals surface area (Å²) in [4.78, 5) is 21.8. The number of ether oxygens (including phenoxy) is 1. The molecule has 0 radical (unpaired) electrons. The third-order valence-corrected chi connectivity index (χ3v) is 3.33. The first-order valence-corrected chi connectivity index (χ1v) is 7.04. The molecule has 5 nitrogen and oxygen atoms in total. The normalized spacial score (nSPS) is 21.2. The van der Waals surface area contributed by atoms with Crippen molar-refractivity contribution in [1.82, 2.24) is 5.32 Å². The van der Waals surface area contributed by atoms with Gasteiger partial charge in [-0.15, -0.1) is 0 Å². The zero-order valence-corrected chi connectivity index (χ0v) is 11.7. The van der Waals surface area contributed by atoms with Gasteiger partial charge in [0, 0.05) is 6.42 Å². The molecule has 1 aliphatic heterocycles. The highest BCUT2D eigenvalue weighted by atomic mass is 16.6. The maximum absolute atomic E-state index is 11.4. The molecule has 1 fully saturated rings. The standard InChI is InChI=1S/C16H19NO4/c18-15(19)10-6-2-5-9-14-13(17-16(20)21-14)11-12-7-3-1-4-8-12/h1,3-5,7-9,13-14H,2,6,10-11H2,(H,17,20)(H,18,19)/b9-5+/t13-,14-/m0/s1. The Morgan fingerprint density at radius 2 is 2.10 bits per heavy atom. The van der Waals surface area contributed by atoms with Crippen LogP contribution in [0.1, 0.15) is 24.8 Å². The van der Waals surface area contributed by atoms with E-state index in [2.05, 4.69) is 5.32 Å². The number of hydrogen-bond donors (Lipinski definition) is 2. The lowest BCUT2D eigenvalue weighted by atomic mass is 10.0. The summed E-state index contributed by atoms with van der Waals surface area (Å²) >= 11 is 0. The number of nitrogens with one attached hydrogen (secondary N) is 1. The summed E-state index contributed by atoms with van der Waals surface area (Å²) in [5, 5.41) is 11.4. The van der Waals surface area contributed by atoms with E-state index in [1.165, 1.54) is 0 Å². The first-order valence-electron chi connectivity index (χ1n) is 7.04. The van der Waals surface area contributed by atoms with Crippen LogP contribution in [0.5, 0.6) is 0 Å². The van der Waals surface area contributed by atoms with E-state index in [1.807, 2.05) is 42.5 Å². The van der Waals surface area contributed by atoms with Gasteiger partial charge < -0.3 is 15.2 Å². The van der Waals surface area contributed by atoms with Crippen LogP contribution in [0.25, 0.3) is 0 Å². The fourth-order valence-corrected chi connectivity index (χ4v) is 2.28. The molecule has 1 aromatic rings. The van der Waals surface area contributed by atoms with Gasteiger partial charge in [0.1, 0.15) is 6.10 Å². The molecule has 1 aromatic carbocycles. The van der Waals surface area contributed by atoms with Crippen LogP contribution in [0, 0.1) is 0 Å². The number of cyclic esters (lactones) is 1. The number of carboxylic acids is 1. The number of allylic oxidation sites excluding steroid dienone is 1. The average Bonchev–Trinajstić information content (AvgIpc) is 2.79. The first-order chi connectivity index (χ1) is 10.1. The Bertz CT molecular complexity index is 512. The highest BCUT2D eigenvalue weighted by Gasteiger charge is 2.31. The number of hydrogen-bond acceptors (Lipinski definition) is 3. The summed E-state index contributed by atoms with van der Waals surface area (Å²) in [6.45, 7) is 0. The second-order valence-corrected chi connectivity index (χ2v) is 5.02. The molecule has 112 valence electrons. The molecular formula is C16H19NO4. The molecule has 0 aliphatic carbocycles. The number of aliphatic carboxylic acids is 1. The molecule has 0 bridgehead atoms. The van der Waals surface area contributed by atoms with Crippen molar-refractivity contribution >= 4 is 12.1 Å². The molecule has 1 saturated heterocycles. The van der Waals surface area contributed by atoms with Crippen molar-refractivity contribution in [2.45, 2.75) is 37.8 Å². The molecular weight excluding hydrogens is 270 g/mol. The van der Waals surface area contributed by atoms with Crippen LogP contribution >= 0.6 is 0 Å². The molecule has 1 amide bonds. The number of carboxylic acid groups (broad SMARTS) is 1. The number of alkyl carbamates (subject to hydrolysis) is 1. The molecule has 2 N–H and O–H groups in total. The van der Waals surface area contributed by atoms with Crippen LogP contribution in [-0.2, 0) is 16.0 Å². The van der Waals surface area contributed by atoms with Crippen LogP contribution in [-0.4, -0.2) is 29.3 Å². The van der Waals surface area contributed by atoms with Gasteiger partial charge in [-0.25, -0.2) is 4.79 Å². The summed E-state index contributed by atoms with van der Waals surface area (Å²) < 4.78 is 5.22. The monoisotopic (exact) mass is 289 g/mol. The molecule has 21 heavy (non-hydrogen) atoms. The minimum absolute atomic E-state index is 0.0874. The van der Waals surface area contributed by atoms with Gasteiger partial charge >= 0.3 is 12.1 Å². The SMILES string of the molecule is O=C(O)CCC/C=C/[C@@H]1OC(=O)N[C@H]1Cc1ccccc1. The van der Waals surface area contributed by atoms with Crippen molar-refractivity contribution in [1.29, 1.82) is 0 Å². The van der Waals surface area contributed by atoms with Crippen LogP contribution in [0.4, 0.5) is 4.79 Å². The minimum atomic E-state index is -0.792. The van der Waals surface area contributed by atoms with Crippen molar-refractivity contribution in [3.63, 3.8) is 0 Å². The van der Waals surface area contributed by atoms with E-state index in [4.69, 9.17) is 9.84 Å². The summed E-state index contributed by atoms with van der Waals surface area (Å²) in [6, 6.07) is 9.81. The minimum Gasteiger partial charge on any atom is -0.481 e. The van der Waals surface area contributed by atoms with E-state index in [1.54, 1.807) is 0 Å². The van der Waals surface area contributed by atoms with Gasteiger partial charge in [-0.3, -0.25) is 4.79 Å². The highest BCUT2D eigenvalue weighted by molar-refractivity contribution is 5.70. The zero-order chi connectivity index (χ0) is 15.1. The topological polar surface area (TPSA) is 75.6 Å². The van der Waals surface area contributed by atoms with E-state index in [0.717, 1.165) is 5.56 Å². The summed E-state index contributed by atoms with van der Waals surface area (Å²) in [6.07, 6.45) is 5.12. The van der Waals surface area contributed by atoms with Crippen LogP contribution in [0.2, 0.25) is 0 Å². The molecule has 0 unspecified atom stereocenters.